The van der Waals surface area contributed by atoms with Gasteiger partial charge < -0.3 is 29.3 Å². The quantitative estimate of drug-likeness (QED) is 0.0868. The Morgan fingerprint density at radius 3 is 2.30 bits per heavy atom. The van der Waals surface area contributed by atoms with E-state index in [4.69, 9.17) is 42.1 Å². The van der Waals surface area contributed by atoms with Crippen molar-refractivity contribution in [2.45, 2.75) is 44.4 Å². The van der Waals surface area contributed by atoms with Gasteiger partial charge in [0.25, 0.3) is 0 Å². The standard InChI is InChI=1S/C44H43Cl2N3O8/c1-54-39-15-14-30(21-40(39)55-2)35(22-36-37(45)24-48(53)25-38(36)46)42-31(9-7-13-34(42)43(50)51)27-56-33-12-6-8-28(20-33)23-49(32-10-4-3-5-11-32)44(52)57-41-26-47-18-16-29(41)17-19-47/h3-15,20-21,24-25,29,35,41H,16-19,22-23,26-27H2,1-2H3,(H,50,51)/t35-,41-/m0/s1. The number of aromatic nitrogens is 1. The van der Waals surface area contributed by atoms with E-state index in [2.05, 4.69) is 4.90 Å². The van der Waals surface area contributed by atoms with Gasteiger partial charge in [-0.1, -0.05) is 71.7 Å². The molecular formula is C44H43Cl2N3O8. The van der Waals surface area contributed by atoms with Gasteiger partial charge in [0.2, 0.25) is 0 Å². The summed E-state index contributed by atoms with van der Waals surface area (Å²) in [5, 5.41) is 23.0. The van der Waals surface area contributed by atoms with E-state index in [1.165, 1.54) is 26.6 Å². The summed E-state index contributed by atoms with van der Waals surface area (Å²) in [5.74, 6) is 0.0676. The third-order valence-corrected chi connectivity index (χ3v) is 11.5. The van der Waals surface area contributed by atoms with Gasteiger partial charge in [0.15, 0.2) is 23.9 Å². The van der Waals surface area contributed by atoms with E-state index in [0.29, 0.717) is 50.2 Å². The first-order valence-electron chi connectivity index (χ1n) is 18.7. The Morgan fingerprint density at radius 2 is 1.63 bits per heavy atom. The van der Waals surface area contributed by atoms with Gasteiger partial charge in [0.1, 0.15) is 28.5 Å². The van der Waals surface area contributed by atoms with Crippen molar-refractivity contribution in [2.75, 3.05) is 38.8 Å². The maximum absolute atomic E-state index is 13.8. The molecule has 1 amide bonds. The van der Waals surface area contributed by atoms with Crippen LogP contribution in [0, 0.1) is 11.1 Å². The van der Waals surface area contributed by atoms with Gasteiger partial charge in [-0.25, -0.2) is 9.59 Å². The Labute approximate surface area is 341 Å². The number of benzene rings is 4. The SMILES string of the molecule is COc1ccc([C@H](Cc2c(Cl)c[n+]([O-])cc2Cl)c2c(COc3cccc(CN(C(=O)O[C@H]4CN5CCC4CC5)c4ccccc4)c3)cccc2C(=O)O)cc1OC. The molecule has 0 spiro atoms. The number of rotatable bonds is 14. The number of hydrogen-bond acceptors (Lipinski definition) is 8. The van der Waals surface area contributed by atoms with Crippen LogP contribution >= 0.6 is 23.2 Å². The third-order valence-electron chi connectivity index (χ3n) is 10.8. The number of carboxylic acid groups (broad SMARTS) is 1. The predicted octanol–water partition coefficient (Wildman–Crippen LogP) is 8.53. The fraction of sp³-hybridized carbons (Fsp3) is 0.295. The van der Waals surface area contributed by atoms with Gasteiger partial charge in [0.05, 0.1) is 26.3 Å². The summed E-state index contributed by atoms with van der Waals surface area (Å²) in [5.41, 5.74) is 3.84. The summed E-state index contributed by atoms with van der Waals surface area (Å²) in [6.45, 7) is 3.09. The minimum absolute atomic E-state index is 0.00448. The van der Waals surface area contributed by atoms with Gasteiger partial charge in [-0.3, -0.25) is 9.80 Å². The van der Waals surface area contributed by atoms with Crippen LogP contribution in [0.5, 0.6) is 17.2 Å². The molecule has 2 atom stereocenters. The van der Waals surface area contributed by atoms with Crippen molar-refractivity contribution < 1.29 is 38.4 Å². The number of aromatic carboxylic acids is 1. The lowest BCUT2D eigenvalue weighted by Gasteiger charge is -2.44. The molecule has 1 aromatic heterocycles. The second-order valence-corrected chi connectivity index (χ2v) is 15.1. The zero-order valence-electron chi connectivity index (χ0n) is 31.6. The molecule has 1 N–H and O–H groups in total. The molecule has 3 saturated heterocycles. The highest BCUT2D eigenvalue weighted by atomic mass is 35.5. The van der Waals surface area contributed by atoms with Crippen molar-refractivity contribution >= 4 is 41.0 Å². The normalized spacial score (nSPS) is 17.7. The summed E-state index contributed by atoms with van der Waals surface area (Å²) in [6.07, 6.45) is 4.10. The Morgan fingerprint density at radius 1 is 0.912 bits per heavy atom. The number of ether oxygens (including phenoxy) is 4. The van der Waals surface area contributed by atoms with Crippen LogP contribution in [0.2, 0.25) is 10.0 Å². The highest BCUT2D eigenvalue weighted by Gasteiger charge is 2.37. The minimum Gasteiger partial charge on any atom is -0.619 e. The maximum Gasteiger partial charge on any atom is 0.414 e. The largest absolute Gasteiger partial charge is 0.619 e. The number of amides is 1. The van der Waals surface area contributed by atoms with Gasteiger partial charge in [-0.2, -0.15) is 4.73 Å². The second kappa shape index (κ2) is 17.8. The van der Waals surface area contributed by atoms with Crippen molar-refractivity contribution in [3.8, 4) is 17.2 Å². The molecule has 4 heterocycles. The summed E-state index contributed by atoms with van der Waals surface area (Å²) >= 11 is 13.2. The number of anilines is 1. The first kappa shape index (κ1) is 39.7. The van der Waals surface area contributed by atoms with E-state index in [-0.39, 0.29) is 41.3 Å². The molecule has 57 heavy (non-hydrogen) atoms. The van der Waals surface area contributed by atoms with Gasteiger partial charge in [-0.05, 0) is 103 Å². The molecular weight excluding hydrogens is 769 g/mol. The topological polar surface area (TPSA) is 125 Å². The Bertz CT molecular complexity index is 2210. The number of halogens is 2. The first-order chi connectivity index (χ1) is 27.6. The molecule has 13 heteroatoms. The number of methoxy groups -OCH3 is 2. The molecule has 2 bridgehead atoms. The van der Waals surface area contributed by atoms with E-state index >= 15 is 0 Å². The first-order valence-corrected chi connectivity index (χ1v) is 19.5. The predicted molar refractivity (Wildman–Crippen MR) is 217 cm³/mol. The minimum atomic E-state index is -1.13. The Kier molecular flexibility index (Phi) is 12.4. The fourth-order valence-corrected chi connectivity index (χ4v) is 8.51. The van der Waals surface area contributed by atoms with Crippen molar-refractivity contribution in [2.24, 2.45) is 5.92 Å². The lowest BCUT2D eigenvalue weighted by molar-refractivity contribution is -0.605. The molecule has 0 unspecified atom stereocenters. The molecule has 3 fully saturated rings. The van der Waals surface area contributed by atoms with Crippen molar-refractivity contribution in [1.82, 2.24) is 4.90 Å². The van der Waals surface area contributed by atoms with E-state index < -0.39 is 18.0 Å². The van der Waals surface area contributed by atoms with Gasteiger partial charge in [0, 0.05) is 23.7 Å². The van der Waals surface area contributed by atoms with E-state index in [1.54, 1.807) is 29.2 Å². The smallest absolute Gasteiger partial charge is 0.414 e. The molecule has 296 valence electrons. The number of piperidine rings is 3. The number of para-hydroxylation sites is 1. The van der Waals surface area contributed by atoms with Crippen LogP contribution in [0.3, 0.4) is 0 Å². The van der Waals surface area contributed by atoms with Crippen LogP contribution in [0.4, 0.5) is 10.5 Å². The van der Waals surface area contributed by atoms with Crippen LogP contribution < -0.4 is 23.8 Å². The zero-order chi connectivity index (χ0) is 40.1. The average Bonchev–Trinajstić information content (AvgIpc) is 3.22. The van der Waals surface area contributed by atoms with Crippen molar-refractivity contribution in [1.29, 1.82) is 0 Å². The van der Waals surface area contributed by atoms with Gasteiger partial charge >= 0.3 is 12.1 Å². The molecule has 3 aliphatic rings. The number of carbonyl (C=O) groups is 2. The zero-order valence-corrected chi connectivity index (χ0v) is 33.1. The van der Waals surface area contributed by atoms with Crippen molar-refractivity contribution in [3.63, 3.8) is 0 Å². The third kappa shape index (κ3) is 9.06. The van der Waals surface area contributed by atoms with E-state index in [9.17, 15) is 19.9 Å². The molecule has 0 radical (unpaired) electrons. The summed E-state index contributed by atoms with van der Waals surface area (Å²) in [4.78, 5) is 30.7. The second-order valence-electron chi connectivity index (χ2n) is 14.3. The van der Waals surface area contributed by atoms with E-state index in [0.717, 1.165) is 43.7 Å². The average molecular weight is 813 g/mol. The number of nitrogens with zero attached hydrogens (tertiary/aromatic N) is 3. The molecule has 3 aliphatic heterocycles. The number of pyridine rings is 1. The molecule has 0 saturated carbocycles. The molecule has 8 rings (SSSR count). The fourth-order valence-electron chi connectivity index (χ4n) is 7.91. The summed E-state index contributed by atoms with van der Waals surface area (Å²) in [7, 11) is 3.05. The number of carboxylic acids is 1. The Balaban J connectivity index is 1.19. The molecule has 5 aromatic rings. The monoisotopic (exact) mass is 811 g/mol. The molecule has 4 aromatic carbocycles. The molecule has 11 nitrogen and oxygen atoms in total. The van der Waals surface area contributed by atoms with Crippen LogP contribution in [-0.2, 0) is 24.3 Å². The summed E-state index contributed by atoms with van der Waals surface area (Å²) < 4.78 is 24.2. The Hall–Kier alpha value is -5.49. The number of hydrogen-bond donors (Lipinski definition) is 1. The van der Waals surface area contributed by atoms with Crippen LogP contribution in [0.25, 0.3) is 0 Å². The number of fused-ring (bicyclic) bond motifs is 3. The van der Waals surface area contributed by atoms with E-state index in [1.807, 2.05) is 66.7 Å². The van der Waals surface area contributed by atoms with Gasteiger partial charge in [-0.15, -0.1) is 0 Å². The molecule has 0 aliphatic carbocycles. The summed E-state index contributed by atoms with van der Waals surface area (Å²) in [6, 6.07) is 27.3. The lowest BCUT2D eigenvalue weighted by atomic mass is 9.81. The maximum atomic E-state index is 13.8. The number of carbonyl (C=O) groups excluding carboxylic acids is 1. The van der Waals surface area contributed by atoms with Crippen molar-refractivity contribution in [3.05, 3.63) is 152 Å². The van der Waals surface area contributed by atoms with Crippen LogP contribution in [0.1, 0.15) is 56.9 Å². The highest BCUT2D eigenvalue weighted by Crippen LogP contribution is 2.40. The lowest BCUT2D eigenvalue weighted by Crippen LogP contribution is -2.53. The van der Waals surface area contributed by atoms with Crippen LogP contribution in [-0.4, -0.2) is 62.0 Å². The van der Waals surface area contributed by atoms with Crippen LogP contribution in [0.15, 0.2) is 103 Å². The highest BCUT2D eigenvalue weighted by molar-refractivity contribution is 6.35.